The van der Waals surface area contributed by atoms with Crippen molar-refractivity contribution in [2.75, 3.05) is 49.6 Å². The van der Waals surface area contributed by atoms with Gasteiger partial charge in [0, 0.05) is 48.3 Å². The molecule has 0 aromatic heterocycles. The van der Waals surface area contributed by atoms with Crippen LogP contribution in [0, 0.1) is 0 Å². The predicted octanol–water partition coefficient (Wildman–Crippen LogP) is 5.92. The highest BCUT2D eigenvalue weighted by Gasteiger charge is 2.25. The SMILES string of the molecule is CCN(CC)c1ccc(/C=C2\CCC(/C=N\NC(=S)Nc3ccc(Cl)cc3)=C2N2CCOCC2)cc1. The first-order valence-electron chi connectivity index (χ1n) is 12.5. The van der Waals surface area contributed by atoms with E-state index in [2.05, 4.69) is 69.8 Å². The van der Waals surface area contributed by atoms with Crippen LogP contribution in [-0.2, 0) is 4.74 Å². The van der Waals surface area contributed by atoms with Crippen LogP contribution in [0.4, 0.5) is 11.4 Å². The largest absolute Gasteiger partial charge is 0.378 e. The van der Waals surface area contributed by atoms with Crippen molar-refractivity contribution in [1.29, 1.82) is 0 Å². The number of anilines is 2. The normalized spacial score (nSPS) is 17.2. The topological polar surface area (TPSA) is 52.1 Å². The summed E-state index contributed by atoms with van der Waals surface area (Å²) in [7, 11) is 0. The van der Waals surface area contributed by atoms with Gasteiger partial charge < -0.3 is 19.9 Å². The molecule has 1 heterocycles. The number of rotatable bonds is 8. The van der Waals surface area contributed by atoms with E-state index in [0.29, 0.717) is 10.1 Å². The molecule has 0 radical (unpaired) electrons. The number of hydrazone groups is 1. The molecule has 0 amide bonds. The number of thiocarbonyl (C=S) groups is 1. The Morgan fingerprint density at radius 1 is 1.06 bits per heavy atom. The second-order valence-corrected chi connectivity index (χ2v) is 9.58. The number of nitrogens with zero attached hydrogens (tertiary/aromatic N) is 3. The first-order chi connectivity index (χ1) is 17.6. The maximum Gasteiger partial charge on any atom is 0.191 e. The van der Waals surface area contributed by atoms with E-state index in [9.17, 15) is 0 Å². The van der Waals surface area contributed by atoms with Crippen molar-refractivity contribution in [3.63, 3.8) is 0 Å². The Balaban J connectivity index is 1.50. The fraction of sp³-hybridized carbons (Fsp3) is 0.357. The number of halogens is 1. The molecule has 0 saturated carbocycles. The lowest BCUT2D eigenvalue weighted by Gasteiger charge is -2.31. The highest BCUT2D eigenvalue weighted by Crippen LogP contribution is 2.35. The minimum Gasteiger partial charge on any atom is -0.378 e. The molecule has 8 heteroatoms. The fourth-order valence-corrected chi connectivity index (χ4v) is 4.90. The summed E-state index contributed by atoms with van der Waals surface area (Å²) in [6.45, 7) is 9.65. The van der Waals surface area contributed by atoms with Crippen LogP contribution in [0.1, 0.15) is 32.3 Å². The quantitative estimate of drug-likeness (QED) is 0.254. The second-order valence-electron chi connectivity index (χ2n) is 8.74. The number of allylic oxidation sites excluding steroid dienone is 2. The standard InChI is InChI=1S/C28H34ClN5OS/c1-3-33(4-2)26-13-5-21(6-14-26)19-22-7-8-23(27(22)34-15-17-35-18-16-34)20-30-32-28(36)31-25-11-9-24(29)10-12-25/h5-6,9-14,19-20H,3-4,7-8,15-18H2,1-2H3,(H2,31,32,36)/b22-19+,30-20-. The Kier molecular flexibility index (Phi) is 9.39. The van der Waals surface area contributed by atoms with Crippen molar-refractivity contribution in [2.24, 2.45) is 5.10 Å². The summed E-state index contributed by atoms with van der Waals surface area (Å²) in [6.07, 6.45) is 6.15. The molecule has 2 aromatic carbocycles. The van der Waals surface area contributed by atoms with Crippen molar-refractivity contribution in [2.45, 2.75) is 26.7 Å². The lowest BCUT2D eigenvalue weighted by Crippen LogP contribution is -2.36. The zero-order valence-corrected chi connectivity index (χ0v) is 22.5. The van der Waals surface area contributed by atoms with E-state index in [1.807, 2.05) is 30.5 Å². The number of benzene rings is 2. The molecular formula is C28H34ClN5OS. The van der Waals surface area contributed by atoms with Gasteiger partial charge in [0.25, 0.3) is 0 Å². The zero-order chi connectivity index (χ0) is 25.3. The van der Waals surface area contributed by atoms with Crippen LogP contribution >= 0.6 is 23.8 Å². The van der Waals surface area contributed by atoms with Crippen LogP contribution < -0.4 is 15.6 Å². The van der Waals surface area contributed by atoms with Gasteiger partial charge >= 0.3 is 0 Å². The minimum atomic E-state index is 0.434. The molecule has 1 fully saturated rings. The molecule has 4 rings (SSSR count). The van der Waals surface area contributed by atoms with Gasteiger partial charge in [-0.25, -0.2) is 0 Å². The van der Waals surface area contributed by atoms with Crippen LogP contribution in [0.25, 0.3) is 6.08 Å². The van der Waals surface area contributed by atoms with Gasteiger partial charge in [0.1, 0.15) is 0 Å². The van der Waals surface area contributed by atoms with Crippen LogP contribution in [0.2, 0.25) is 5.02 Å². The lowest BCUT2D eigenvalue weighted by atomic mass is 10.1. The van der Waals surface area contributed by atoms with Gasteiger partial charge in [-0.3, -0.25) is 5.43 Å². The Morgan fingerprint density at radius 2 is 1.75 bits per heavy atom. The first-order valence-corrected chi connectivity index (χ1v) is 13.3. The summed E-state index contributed by atoms with van der Waals surface area (Å²) in [6, 6.07) is 16.2. The van der Waals surface area contributed by atoms with Crippen LogP contribution in [0.5, 0.6) is 0 Å². The van der Waals surface area contributed by atoms with Gasteiger partial charge in [-0.05, 0) is 98.1 Å². The van der Waals surface area contributed by atoms with E-state index in [4.69, 9.17) is 28.6 Å². The molecule has 1 aliphatic carbocycles. The molecule has 0 atom stereocenters. The molecule has 1 saturated heterocycles. The second kappa shape index (κ2) is 12.9. The number of nitrogens with one attached hydrogen (secondary N) is 2. The minimum absolute atomic E-state index is 0.434. The summed E-state index contributed by atoms with van der Waals surface area (Å²) in [5, 5.41) is 8.69. The van der Waals surface area contributed by atoms with Crippen LogP contribution in [-0.4, -0.2) is 55.6 Å². The molecule has 36 heavy (non-hydrogen) atoms. The van der Waals surface area contributed by atoms with Gasteiger partial charge in [0.2, 0.25) is 0 Å². The molecule has 2 aliphatic rings. The summed E-state index contributed by atoms with van der Waals surface area (Å²) < 4.78 is 5.61. The Hall–Kier alpha value is -2.87. The highest BCUT2D eigenvalue weighted by atomic mass is 35.5. The smallest absolute Gasteiger partial charge is 0.191 e. The number of hydrogen-bond donors (Lipinski definition) is 2. The maximum absolute atomic E-state index is 5.95. The molecule has 2 N–H and O–H groups in total. The van der Waals surface area contributed by atoms with Gasteiger partial charge in [0.15, 0.2) is 5.11 Å². The molecule has 0 spiro atoms. The first kappa shape index (κ1) is 26.2. The molecule has 2 aromatic rings. The molecule has 6 nitrogen and oxygen atoms in total. The van der Waals surface area contributed by atoms with Gasteiger partial charge in [-0.2, -0.15) is 5.10 Å². The third-order valence-electron chi connectivity index (χ3n) is 6.45. The number of morpholine rings is 1. The molecule has 1 aliphatic heterocycles. The van der Waals surface area contributed by atoms with E-state index < -0.39 is 0 Å². The Bertz CT molecular complexity index is 1120. The lowest BCUT2D eigenvalue weighted by molar-refractivity contribution is 0.0548. The number of hydrogen-bond acceptors (Lipinski definition) is 5. The van der Waals surface area contributed by atoms with Crippen molar-refractivity contribution >= 4 is 52.6 Å². The highest BCUT2D eigenvalue weighted by molar-refractivity contribution is 7.80. The van der Waals surface area contributed by atoms with Crippen LogP contribution in [0.3, 0.4) is 0 Å². The Labute approximate surface area is 224 Å². The summed E-state index contributed by atoms with van der Waals surface area (Å²) in [5.74, 6) is 0. The van der Waals surface area contributed by atoms with Crippen molar-refractivity contribution < 1.29 is 4.74 Å². The fourth-order valence-electron chi connectivity index (χ4n) is 4.60. The van der Waals surface area contributed by atoms with Crippen molar-refractivity contribution in [3.8, 4) is 0 Å². The molecule has 0 unspecified atom stereocenters. The summed E-state index contributed by atoms with van der Waals surface area (Å²) >= 11 is 11.3. The van der Waals surface area contributed by atoms with Gasteiger partial charge in [-0.1, -0.05) is 23.7 Å². The monoisotopic (exact) mass is 523 g/mol. The molecule has 190 valence electrons. The Morgan fingerprint density at radius 3 is 2.42 bits per heavy atom. The van der Waals surface area contributed by atoms with E-state index in [-0.39, 0.29) is 0 Å². The number of ether oxygens (including phenoxy) is 1. The van der Waals surface area contributed by atoms with E-state index in [1.54, 1.807) is 0 Å². The third-order valence-corrected chi connectivity index (χ3v) is 6.90. The van der Waals surface area contributed by atoms with E-state index in [1.165, 1.54) is 28.1 Å². The summed E-state index contributed by atoms with van der Waals surface area (Å²) in [4.78, 5) is 4.79. The average Bonchev–Trinajstić information content (AvgIpc) is 3.29. The summed E-state index contributed by atoms with van der Waals surface area (Å²) in [5.41, 5.74) is 10.1. The molecule has 0 bridgehead atoms. The zero-order valence-electron chi connectivity index (χ0n) is 21.0. The maximum atomic E-state index is 5.95. The molecular weight excluding hydrogens is 490 g/mol. The van der Waals surface area contributed by atoms with Crippen molar-refractivity contribution in [3.05, 3.63) is 76.0 Å². The van der Waals surface area contributed by atoms with E-state index in [0.717, 1.165) is 57.9 Å². The van der Waals surface area contributed by atoms with Crippen molar-refractivity contribution in [1.82, 2.24) is 10.3 Å². The van der Waals surface area contributed by atoms with E-state index >= 15 is 0 Å². The third kappa shape index (κ3) is 6.87. The van der Waals surface area contributed by atoms with Gasteiger partial charge in [-0.15, -0.1) is 0 Å². The predicted molar refractivity (Wildman–Crippen MR) is 156 cm³/mol. The van der Waals surface area contributed by atoms with Crippen LogP contribution in [0.15, 0.2) is 70.5 Å². The van der Waals surface area contributed by atoms with Gasteiger partial charge in [0.05, 0.1) is 19.4 Å². The average molecular weight is 524 g/mol.